The summed E-state index contributed by atoms with van der Waals surface area (Å²) in [5.74, 6) is -0.587. The van der Waals surface area contributed by atoms with E-state index in [4.69, 9.17) is 11.6 Å². The molecule has 0 radical (unpaired) electrons. The maximum Gasteiger partial charge on any atom is 0.278 e. The number of carbonyl (C=O) groups excluding carboxylic acids is 2. The fraction of sp³-hybridized carbons (Fsp3) is 0.111. The van der Waals surface area contributed by atoms with E-state index >= 15 is 0 Å². The highest BCUT2D eigenvalue weighted by Crippen LogP contribution is 2.34. The van der Waals surface area contributed by atoms with Crippen LogP contribution in [0.25, 0.3) is 16.5 Å². The minimum atomic E-state index is -0.295. The largest absolute Gasteiger partial charge is 0.361 e. The van der Waals surface area contributed by atoms with Gasteiger partial charge in [0.25, 0.3) is 11.8 Å². The minimum Gasteiger partial charge on any atom is -0.361 e. The number of aromatic amines is 1. The molecule has 6 heteroatoms. The van der Waals surface area contributed by atoms with E-state index in [0.29, 0.717) is 34.8 Å². The Morgan fingerprint density at radius 3 is 2.33 bits per heavy atom. The number of nitrogens with one attached hydrogen (secondary N) is 1. The number of hydrogen-bond acceptors (Lipinski definition) is 3. The van der Waals surface area contributed by atoms with Gasteiger partial charge in [0, 0.05) is 41.4 Å². The summed E-state index contributed by atoms with van der Waals surface area (Å²) >= 11 is 6.07. The van der Waals surface area contributed by atoms with E-state index in [2.05, 4.69) is 4.98 Å². The van der Waals surface area contributed by atoms with E-state index in [-0.39, 0.29) is 11.8 Å². The number of hydrogen-bond donors (Lipinski definition) is 1. The Kier molecular flexibility index (Phi) is 5.48. The second-order valence-electron chi connectivity index (χ2n) is 8.00. The zero-order valence-electron chi connectivity index (χ0n) is 18.1. The normalized spacial score (nSPS) is 13.9. The van der Waals surface area contributed by atoms with Gasteiger partial charge in [-0.15, -0.1) is 0 Å². The summed E-state index contributed by atoms with van der Waals surface area (Å²) in [6.45, 7) is 0.294. The molecule has 0 spiro atoms. The van der Waals surface area contributed by atoms with Crippen molar-refractivity contribution in [2.75, 3.05) is 18.5 Å². The van der Waals surface area contributed by atoms with Crippen LogP contribution in [0.4, 0.5) is 5.69 Å². The predicted molar refractivity (Wildman–Crippen MR) is 132 cm³/mol. The molecule has 0 bridgehead atoms. The number of aromatic nitrogens is 1. The van der Waals surface area contributed by atoms with Crippen LogP contribution >= 0.6 is 11.6 Å². The van der Waals surface area contributed by atoms with Gasteiger partial charge in [-0.3, -0.25) is 14.5 Å². The van der Waals surface area contributed by atoms with Gasteiger partial charge < -0.3 is 9.88 Å². The molecule has 164 valence electrons. The highest BCUT2D eigenvalue weighted by Gasteiger charge is 2.40. The van der Waals surface area contributed by atoms with Crippen molar-refractivity contribution in [2.45, 2.75) is 6.42 Å². The molecule has 4 aromatic rings. The number of amides is 2. The van der Waals surface area contributed by atoms with Gasteiger partial charge in [-0.25, -0.2) is 0 Å². The molecule has 2 heterocycles. The molecule has 0 aliphatic carbocycles. The monoisotopic (exact) mass is 455 g/mol. The molecule has 5 rings (SSSR count). The molecule has 1 N–H and O–H groups in total. The first-order valence-electron chi connectivity index (χ1n) is 10.7. The smallest absolute Gasteiger partial charge is 0.278 e. The lowest BCUT2D eigenvalue weighted by Gasteiger charge is -2.21. The van der Waals surface area contributed by atoms with Crippen molar-refractivity contribution in [1.29, 1.82) is 0 Å². The van der Waals surface area contributed by atoms with E-state index in [9.17, 15) is 9.59 Å². The Morgan fingerprint density at radius 2 is 1.58 bits per heavy atom. The van der Waals surface area contributed by atoms with Crippen molar-refractivity contribution >= 4 is 45.6 Å². The van der Waals surface area contributed by atoms with Crippen molar-refractivity contribution < 1.29 is 9.59 Å². The van der Waals surface area contributed by atoms with Crippen molar-refractivity contribution in [2.24, 2.45) is 0 Å². The Balaban J connectivity index is 1.50. The molecule has 1 aliphatic heterocycles. The third kappa shape index (κ3) is 3.81. The molecule has 0 fully saturated rings. The Labute approximate surface area is 196 Å². The van der Waals surface area contributed by atoms with Gasteiger partial charge in [-0.1, -0.05) is 60.1 Å². The lowest BCUT2D eigenvalue weighted by molar-refractivity contribution is -0.136. The van der Waals surface area contributed by atoms with Crippen LogP contribution in [0.2, 0.25) is 5.02 Å². The predicted octanol–water partition coefficient (Wildman–Crippen LogP) is 5.28. The van der Waals surface area contributed by atoms with Gasteiger partial charge >= 0.3 is 0 Å². The van der Waals surface area contributed by atoms with Crippen molar-refractivity contribution in [3.63, 3.8) is 0 Å². The molecule has 33 heavy (non-hydrogen) atoms. The molecular weight excluding hydrogens is 434 g/mol. The zero-order valence-corrected chi connectivity index (χ0v) is 18.8. The average molecular weight is 456 g/mol. The molecule has 0 saturated heterocycles. The molecule has 3 aromatic carbocycles. The van der Waals surface area contributed by atoms with Crippen molar-refractivity contribution in [3.05, 3.63) is 107 Å². The lowest BCUT2D eigenvalue weighted by Crippen LogP contribution is -2.35. The average Bonchev–Trinajstić information content (AvgIpc) is 3.36. The Bertz CT molecular complexity index is 1370. The van der Waals surface area contributed by atoms with E-state index in [1.165, 1.54) is 4.90 Å². The van der Waals surface area contributed by atoms with Crippen molar-refractivity contribution in [3.8, 4) is 0 Å². The number of para-hydroxylation sites is 2. The van der Waals surface area contributed by atoms with Crippen LogP contribution in [0.5, 0.6) is 0 Å². The van der Waals surface area contributed by atoms with Crippen LogP contribution in [0.1, 0.15) is 11.1 Å². The maximum atomic E-state index is 13.6. The van der Waals surface area contributed by atoms with Gasteiger partial charge in [0.15, 0.2) is 0 Å². The highest BCUT2D eigenvalue weighted by molar-refractivity contribution is 6.37. The number of imide groups is 1. The molecule has 2 amide bonds. The van der Waals surface area contributed by atoms with Crippen LogP contribution in [0.15, 0.2) is 90.8 Å². The highest BCUT2D eigenvalue weighted by atomic mass is 35.5. The summed E-state index contributed by atoms with van der Waals surface area (Å²) in [6, 6.07) is 24.6. The first kappa shape index (κ1) is 21.0. The zero-order chi connectivity index (χ0) is 22.9. The van der Waals surface area contributed by atoms with Crippen LogP contribution < -0.4 is 4.90 Å². The summed E-state index contributed by atoms with van der Waals surface area (Å²) in [5, 5.41) is 1.68. The topological polar surface area (TPSA) is 56.4 Å². The third-order valence-electron chi connectivity index (χ3n) is 6.04. The van der Waals surface area contributed by atoms with Gasteiger partial charge in [-0.2, -0.15) is 0 Å². The second kappa shape index (κ2) is 8.60. The van der Waals surface area contributed by atoms with Gasteiger partial charge in [0.1, 0.15) is 5.70 Å². The molecule has 1 aliphatic rings. The van der Waals surface area contributed by atoms with E-state index in [1.807, 2.05) is 67.8 Å². The molecule has 5 nitrogen and oxygen atoms in total. The number of likely N-dealkylation sites (N-methyl/N-ethyl adjacent to an activating group) is 1. The number of fused-ring (bicyclic) bond motifs is 1. The van der Waals surface area contributed by atoms with Crippen LogP contribution in [-0.2, 0) is 16.0 Å². The van der Waals surface area contributed by atoms with Gasteiger partial charge in [0.2, 0.25) is 0 Å². The summed E-state index contributed by atoms with van der Waals surface area (Å²) in [5.41, 5.74) is 4.37. The fourth-order valence-electron chi connectivity index (χ4n) is 4.31. The molecule has 0 atom stereocenters. The Hall–Kier alpha value is -3.83. The summed E-state index contributed by atoms with van der Waals surface area (Å²) in [4.78, 5) is 33.5. The third-order valence-corrected chi connectivity index (χ3v) is 6.29. The molecular formula is C27H22ClN3O2. The Morgan fingerprint density at radius 1 is 0.879 bits per heavy atom. The summed E-state index contributed by atoms with van der Waals surface area (Å²) < 4.78 is 0. The lowest BCUT2D eigenvalue weighted by atomic mass is 10.0. The summed E-state index contributed by atoms with van der Waals surface area (Å²) in [7, 11) is 1.81. The number of nitrogens with zero attached hydrogens (tertiary/aromatic N) is 2. The summed E-state index contributed by atoms with van der Waals surface area (Å²) in [6.07, 6.45) is 2.51. The molecule has 1 aromatic heterocycles. The maximum absolute atomic E-state index is 13.6. The number of H-pyrrole nitrogens is 1. The first-order chi connectivity index (χ1) is 16.0. The molecule has 0 unspecified atom stereocenters. The van der Waals surface area contributed by atoms with Crippen LogP contribution in [0, 0.1) is 0 Å². The van der Waals surface area contributed by atoms with Crippen molar-refractivity contribution in [1.82, 2.24) is 9.88 Å². The van der Waals surface area contributed by atoms with Crippen LogP contribution in [0.3, 0.4) is 0 Å². The number of anilines is 1. The minimum absolute atomic E-state index is 0.292. The van der Waals surface area contributed by atoms with E-state index in [0.717, 1.165) is 22.2 Å². The van der Waals surface area contributed by atoms with Gasteiger partial charge in [0.05, 0.1) is 5.57 Å². The quantitative estimate of drug-likeness (QED) is 0.402. The standard InChI is InChI=1S/C27H22ClN3O2/c1-30(21-7-3-2-4-8-21)25-24(18-11-13-20(28)14-12-18)26(32)31(27(25)33)16-15-19-17-29-23-10-6-5-9-22(19)23/h2-14,17,29H,15-16H2,1H3. The van der Waals surface area contributed by atoms with E-state index < -0.39 is 0 Å². The first-order valence-corrected chi connectivity index (χ1v) is 11.1. The number of carbonyl (C=O) groups is 2. The number of rotatable bonds is 6. The second-order valence-corrected chi connectivity index (χ2v) is 8.43. The van der Waals surface area contributed by atoms with Gasteiger partial charge in [-0.05, 0) is 47.9 Å². The number of halogens is 1. The molecule has 0 saturated carbocycles. The SMILES string of the molecule is CN(C1=C(c2ccc(Cl)cc2)C(=O)N(CCc2c[nH]c3ccccc23)C1=O)c1ccccc1. The number of benzene rings is 3. The van der Waals surface area contributed by atoms with Crippen LogP contribution in [-0.4, -0.2) is 35.3 Å². The fourth-order valence-corrected chi connectivity index (χ4v) is 4.43. The van der Waals surface area contributed by atoms with E-state index in [1.54, 1.807) is 29.2 Å².